The third kappa shape index (κ3) is 4.83. The minimum Gasteiger partial charge on any atom is -0.340 e. The van der Waals surface area contributed by atoms with Gasteiger partial charge in [-0.1, -0.05) is 24.3 Å². The quantitative estimate of drug-likeness (QED) is 0.767. The van der Waals surface area contributed by atoms with Gasteiger partial charge in [-0.3, -0.25) is 24.6 Å². The maximum Gasteiger partial charge on any atom is 0.257 e. The number of nitrogens with one attached hydrogen (secondary N) is 1. The zero-order chi connectivity index (χ0) is 22.0. The average Bonchev–Trinajstić information content (AvgIpc) is 3.17. The second kappa shape index (κ2) is 9.23. The number of amides is 2. The summed E-state index contributed by atoms with van der Waals surface area (Å²) in [5.41, 5.74) is 0.730. The van der Waals surface area contributed by atoms with E-state index in [9.17, 15) is 18.8 Å². The van der Waals surface area contributed by atoms with E-state index in [4.69, 9.17) is 0 Å². The van der Waals surface area contributed by atoms with Gasteiger partial charge in [-0.25, -0.2) is 9.37 Å². The number of hydrogen-bond acceptors (Lipinski definition) is 6. The van der Waals surface area contributed by atoms with Crippen LogP contribution in [0.1, 0.15) is 45.5 Å². The van der Waals surface area contributed by atoms with E-state index in [1.54, 1.807) is 0 Å². The molecule has 4 rings (SSSR count). The van der Waals surface area contributed by atoms with Gasteiger partial charge in [0.1, 0.15) is 5.82 Å². The number of ketones is 1. The Morgan fingerprint density at radius 1 is 1.23 bits per heavy atom. The highest BCUT2D eigenvalue weighted by molar-refractivity contribution is 7.17. The molecule has 0 unspecified atom stereocenters. The Kier molecular flexibility index (Phi) is 6.43. The molecule has 0 bridgehead atoms. The molecule has 2 heterocycles. The van der Waals surface area contributed by atoms with Crippen LogP contribution in [0.15, 0.2) is 24.3 Å². The van der Waals surface area contributed by atoms with Gasteiger partial charge < -0.3 is 4.90 Å². The fraction of sp³-hybridized carbons (Fsp3) is 0.455. The Labute approximate surface area is 184 Å². The minimum atomic E-state index is -0.502. The number of piperazine rings is 1. The van der Waals surface area contributed by atoms with Crippen molar-refractivity contribution in [2.24, 2.45) is 5.92 Å². The van der Waals surface area contributed by atoms with Crippen LogP contribution in [0.4, 0.5) is 9.52 Å². The molecule has 1 aromatic carbocycles. The highest BCUT2D eigenvalue weighted by atomic mass is 32.1. The second-order valence-corrected chi connectivity index (χ2v) is 8.95. The third-order valence-corrected chi connectivity index (χ3v) is 6.76. The summed E-state index contributed by atoms with van der Waals surface area (Å²) in [5.74, 6) is -1.51. The minimum absolute atomic E-state index is 0.00787. The molecule has 1 aliphatic heterocycles. The number of fused-ring (bicyclic) bond motifs is 1. The van der Waals surface area contributed by atoms with Crippen LogP contribution < -0.4 is 5.32 Å². The Morgan fingerprint density at radius 2 is 2.00 bits per heavy atom. The van der Waals surface area contributed by atoms with E-state index in [2.05, 4.69) is 22.1 Å². The fourth-order valence-electron chi connectivity index (χ4n) is 4.12. The third-order valence-electron chi connectivity index (χ3n) is 5.70. The Hall–Kier alpha value is -2.65. The number of carbonyl (C=O) groups is 3. The van der Waals surface area contributed by atoms with Crippen molar-refractivity contribution >= 4 is 34.1 Å². The Balaban J connectivity index is 1.41. The molecule has 2 aromatic rings. The van der Waals surface area contributed by atoms with Gasteiger partial charge >= 0.3 is 0 Å². The van der Waals surface area contributed by atoms with E-state index in [-0.39, 0.29) is 28.8 Å². The van der Waals surface area contributed by atoms with Crippen molar-refractivity contribution in [3.05, 3.63) is 46.2 Å². The maximum absolute atomic E-state index is 13.4. The maximum atomic E-state index is 13.4. The lowest BCUT2D eigenvalue weighted by Crippen LogP contribution is -2.51. The van der Waals surface area contributed by atoms with Crippen molar-refractivity contribution in [1.82, 2.24) is 14.8 Å². The van der Waals surface area contributed by atoms with E-state index < -0.39 is 17.6 Å². The van der Waals surface area contributed by atoms with Crippen molar-refractivity contribution in [2.45, 2.75) is 26.2 Å². The summed E-state index contributed by atoms with van der Waals surface area (Å²) in [6.45, 7) is 6.27. The van der Waals surface area contributed by atoms with Gasteiger partial charge in [-0.15, -0.1) is 0 Å². The van der Waals surface area contributed by atoms with Crippen molar-refractivity contribution in [3.8, 4) is 0 Å². The topological polar surface area (TPSA) is 82.6 Å². The van der Waals surface area contributed by atoms with Crippen LogP contribution >= 0.6 is 11.3 Å². The number of rotatable bonds is 5. The predicted molar refractivity (Wildman–Crippen MR) is 116 cm³/mol. The second-order valence-electron chi connectivity index (χ2n) is 7.95. The van der Waals surface area contributed by atoms with E-state index in [0.29, 0.717) is 30.1 Å². The molecular formula is C22H25FN4O3S. The average molecular weight is 445 g/mol. The largest absolute Gasteiger partial charge is 0.340 e. The van der Waals surface area contributed by atoms with Crippen molar-refractivity contribution in [3.63, 3.8) is 0 Å². The highest BCUT2D eigenvalue weighted by Crippen LogP contribution is 2.33. The zero-order valence-corrected chi connectivity index (χ0v) is 18.2. The van der Waals surface area contributed by atoms with Crippen LogP contribution in [-0.4, -0.2) is 65.1 Å². The summed E-state index contributed by atoms with van der Waals surface area (Å²) >= 11 is 1.11. The first-order valence-electron chi connectivity index (χ1n) is 10.6. The molecule has 0 saturated carbocycles. The molecule has 1 fully saturated rings. The van der Waals surface area contributed by atoms with E-state index in [0.717, 1.165) is 43.5 Å². The molecule has 0 spiro atoms. The number of carbonyl (C=O) groups excluding carboxylic acids is 3. The molecule has 164 valence electrons. The number of anilines is 1. The van der Waals surface area contributed by atoms with Crippen LogP contribution in [0.25, 0.3) is 0 Å². The lowest BCUT2D eigenvalue weighted by molar-refractivity contribution is -0.137. The summed E-state index contributed by atoms with van der Waals surface area (Å²) in [7, 11) is 0. The number of halogens is 1. The molecule has 31 heavy (non-hydrogen) atoms. The molecule has 0 radical (unpaired) electrons. The van der Waals surface area contributed by atoms with Gasteiger partial charge in [-0.2, -0.15) is 0 Å². The molecule has 9 heteroatoms. The number of Topliss-reactive ketones (excluding diaryl/α,β-unsaturated/α-hetero) is 1. The van der Waals surface area contributed by atoms with E-state index in [1.165, 1.54) is 18.2 Å². The zero-order valence-electron chi connectivity index (χ0n) is 17.4. The Morgan fingerprint density at radius 3 is 2.71 bits per heavy atom. The fourth-order valence-corrected chi connectivity index (χ4v) is 5.06. The normalized spacial score (nSPS) is 19.2. The monoisotopic (exact) mass is 444 g/mol. The van der Waals surface area contributed by atoms with Crippen LogP contribution in [0.5, 0.6) is 0 Å². The number of nitrogens with zero attached hydrogens (tertiary/aromatic N) is 3. The van der Waals surface area contributed by atoms with Crippen molar-refractivity contribution in [1.29, 1.82) is 0 Å². The van der Waals surface area contributed by atoms with Gasteiger partial charge in [0.15, 0.2) is 10.9 Å². The lowest BCUT2D eigenvalue weighted by atomic mass is 9.88. The molecule has 1 N–H and O–H groups in total. The van der Waals surface area contributed by atoms with Crippen LogP contribution in [0.2, 0.25) is 0 Å². The molecule has 1 aromatic heterocycles. The molecule has 1 atom stereocenters. The first kappa shape index (κ1) is 21.6. The predicted octanol–water partition coefficient (Wildman–Crippen LogP) is 2.83. The van der Waals surface area contributed by atoms with Gasteiger partial charge in [0.05, 0.1) is 16.5 Å². The number of thiazole rings is 1. The van der Waals surface area contributed by atoms with Gasteiger partial charge in [-0.05, 0) is 31.2 Å². The molecular weight excluding hydrogens is 419 g/mol. The SMILES string of the molecule is CCCN1CCN(C(=O)[C@@H]2CC(=O)c3sc(NC(=O)c4cccc(F)c4)nc3C2)CC1. The van der Waals surface area contributed by atoms with Crippen molar-refractivity contribution < 1.29 is 18.8 Å². The standard InChI is InChI=1S/C22H25FN4O3S/c1-2-6-26-7-9-27(10-8-26)21(30)15-12-17-19(18(28)13-15)31-22(24-17)25-20(29)14-4-3-5-16(23)11-14/h3-5,11,15H,2,6-10,12-13H2,1H3,(H,24,25,29)/t15-/m0/s1. The summed E-state index contributed by atoms with van der Waals surface area (Å²) in [5, 5.41) is 2.92. The molecule has 7 nitrogen and oxygen atoms in total. The smallest absolute Gasteiger partial charge is 0.257 e. The first-order valence-corrected chi connectivity index (χ1v) is 11.4. The lowest BCUT2D eigenvalue weighted by Gasteiger charge is -2.36. The van der Waals surface area contributed by atoms with E-state index in [1.807, 2.05) is 4.90 Å². The summed E-state index contributed by atoms with van der Waals surface area (Å²) in [6, 6.07) is 5.37. The number of hydrogen-bond donors (Lipinski definition) is 1. The molecule has 2 aliphatic rings. The van der Waals surface area contributed by atoms with Crippen LogP contribution in [0, 0.1) is 11.7 Å². The highest BCUT2D eigenvalue weighted by Gasteiger charge is 2.36. The van der Waals surface area contributed by atoms with Gasteiger partial charge in [0.2, 0.25) is 5.91 Å². The molecule has 1 aliphatic carbocycles. The first-order chi connectivity index (χ1) is 14.9. The summed E-state index contributed by atoms with van der Waals surface area (Å²) in [4.78, 5) is 47.1. The van der Waals surface area contributed by atoms with Crippen molar-refractivity contribution in [2.75, 3.05) is 38.0 Å². The number of aromatic nitrogens is 1. The number of benzene rings is 1. The van der Waals surface area contributed by atoms with Crippen LogP contribution in [-0.2, 0) is 11.2 Å². The molecule has 2 amide bonds. The Bertz CT molecular complexity index is 1000. The summed E-state index contributed by atoms with van der Waals surface area (Å²) < 4.78 is 13.4. The van der Waals surface area contributed by atoms with Gasteiger partial charge in [0, 0.05) is 44.6 Å². The van der Waals surface area contributed by atoms with Crippen LogP contribution in [0.3, 0.4) is 0 Å². The summed E-state index contributed by atoms with van der Waals surface area (Å²) in [6.07, 6.45) is 1.65. The van der Waals surface area contributed by atoms with Gasteiger partial charge in [0.25, 0.3) is 5.91 Å². The molecule has 1 saturated heterocycles. The van der Waals surface area contributed by atoms with E-state index >= 15 is 0 Å².